The molecular formula is C9H12O2. The minimum Gasteiger partial charge on any atom is -0.458 e. The molecule has 2 atom stereocenters. The van der Waals surface area contributed by atoms with E-state index in [2.05, 4.69) is 6.58 Å². The Kier molecular flexibility index (Phi) is 1.48. The Morgan fingerprint density at radius 1 is 1.36 bits per heavy atom. The van der Waals surface area contributed by atoms with Gasteiger partial charge in [-0.1, -0.05) is 13.0 Å². The summed E-state index contributed by atoms with van der Waals surface area (Å²) in [6, 6.07) is 0. The summed E-state index contributed by atoms with van der Waals surface area (Å²) in [5, 5.41) is 0. The first-order chi connectivity index (χ1) is 5.29. The van der Waals surface area contributed by atoms with E-state index in [1.165, 1.54) is 12.8 Å². The average Bonchev–Trinajstić information content (AvgIpc) is 2.30. The molecule has 2 rings (SSSR count). The predicted octanol–water partition coefficient (Wildman–Crippen LogP) is 1.66. The Bertz CT molecular complexity index is 208. The second-order valence-corrected chi connectivity index (χ2v) is 3.36. The molecule has 2 fully saturated rings. The van der Waals surface area contributed by atoms with E-state index in [1.807, 2.05) is 0 Å². The number of hydrogen-bond acceptors (Lipinski definition) is 2. The van der Waals surface area contributed by atoms with Gasteiger partial charge in [-0.2, -0.15) is 0 Å². The maximum atomic E-state index is 11.0. The number of carbonyl (C=O) groups is 1. The van der Waals surface area contributed by atoms with Gasteiger partial charge in [0, 0.05) is 11.5 Å². The summed E-state index contributed by atoms with van der Waals surface area (Å²) in [5.74, 6) is 0.179. The van der Waals surface area contributed by atoms with Crippen molar-refractivity contribution in [1.29, 1.82) is 0 Å². The van der Waals surface area contributed by atoms with E-state index in [-0.39, 0.29) is 12.1 Å². The molecule has 2 heteroatoms. The quantitative estimate of drug-likeness (QED) is 0.390. The Balaban J connectivity index is 2.18. The van der Waals surface area contributed by atoms with Crippen LogP contribution in [0, 0.1) is 5.92 Å². The van der Waals surface area contributed by atoms with Crippen LogP contribution in [0.25, 0.3) is 0 Å². The topological polar surface area (TPSA) is 26.3 Å². The number of fused-ring (bicyclic) bond motifs is 1. The third-order valence-corrected chi connectivity index (χ3v) is 2.67. The zero-order chi connectivity index (χ0) is 7.84. The van der Waals surface area contributed by atoms with Gasteiger partial charge in [0.05, 0.1) is 0 Å². The fourth-order valence-corrected chi connectivity index (χ4v) is 2.00. The van der Waals surface area contributed by atoms with Gasteiger partial charge >= 0.3 is 5.97 Å². The van der Waals surface area contributed by atoms with Gasteiger partial charge in [-0.05, 0) is 19.3 Å². The second kappa shape index (κ2) is 2.36. The fourth-order valence-electron chi connectivity index (χ4n) is 2.00. The molecule has 1 aliphatic heterocycles. The van der Waals surface area contributed by atoms with Gasteiger partial charge < -0.3 is 4.74 Å². The van der Waals surface area contributed by atoms with Gasteiger partial charge in [0.2, 0.25) is 0 Å². The Morgan fingerprint density at radius 2 is 2.09 bits per heavy atom. The van der Waals surface area contributed by atoms with Crippen molar-refractivity contribution in [2.45, 2.75) is 31.8 Å². The van der Waals surface area contributed by atoms with Gasteiger partial charge in [0.1, 0.15) is 6.10 Å². The van der Waals surface area contributed by atoms with Crippen LogP contribution in [0.4, 0.5) is 0 Å². The Morgan fingerprint density at radius 3 is 2.82 bits per heavy atom. The number of ether oxygens (including phenoxy) is 1. The lowest BCUT2D eigenvalue weighted by atomic mass is 9.84. The van der Waals surface area contributed by atoms with E-state index < -0.39 is 0 Å². The number of esters is 1. The summed E-state index contributed by atoms with van der Waals surface area (Å²) in [5.41, 5.74) is 0.703. The van der Waals surface area contributed by atoms with Crippen LogP contribution in [0.3, 0.4) is 0 Å². The average molecular weight is 152 g/mol. The van der Waals surface area contributed by atoms with E-state index in [9.17, 15) is 4.79 Å². The highest BCUT2D eigenvalue weighted by atomic mass is 16.6. The molecule has 1 aliphatic carbocycles. The van der Waals surface area contributed by atoms with Crippen molar-refractivity contribution in [3.63, 3.8) is 0 Å². The van der Waals surface area contributed by atoms with Crippen molar-refractivity contribution >= 4 is 5.97 Å². The van der Waals surface area contributed by atoms with Crippen LogP contribution in [0.5, 0.6) is 0 Å². The molecular weight excluding hydrogens is 140 g/mol. The molecule has 0 spiro atoms. The maximum Gasteiger partial charge on any atom is 0.334 e. The first-order valence-corrected chi connectivity index (χ1v) is 4.19. The molecule has 0 aromatic rings. The lowest BCUT2D eigenvalue weighted by Crippen LogP contribution is -2.20. The number of carbonyl (C=O) groups excluding carboxylic acids is 1. The maximum absolute atomic E-state index is 11.0. The van der Waals surface area contributed by atoms with Gasteiger partial charge in [0.15, 0.2) is 0 Å². The second-order valence-electron chi connectivity index (χ2n) is 3.36. The lowest BCUT2D eigenvalue weighted by molar-refractivity contribution is -0.139. The van der Waals surface area contributed by atoms with Crippen molar-refractivity contribution in [1.82, 2.24) is 0 Å². The molecule has 1 saturated carbocycles. The van der Waals surface area contributed by atoms with Crippen LogP contribution in [0.2, 0.25) is 0 Å². The smallest absolute Gasteiger partial charge is 0.334 e. The lowest BCUT2D eigenvalue weighted by Gasteiger charge is -2.22. The molecule has 11 heavy (non-hydrogen) atoms. The SMILES string of the molecule is C=C1C(=O)O[C@H]2CCCC[C@@H]12. The summed E-state index contributed by atoms with van der Waals surface area (Å²) in [6.07, 6.45) is 4.72. The van der Waals surface area contributed by atoms with Crippen molar-refractivity contribution < 1.29 is 9.53 Å². The molecule has 0 aromatic heterocycles. The summed E-state index contributed by atoms with van der Waals surface area (Å²) in [7, 11) is 0. The minimum atomic E-state index is -0.165. The summed E-state index contributed by atoms with van der Waals surface area (Å²) in [4.78, 5) is 11.0. The van der Waals surface area contributed by atoms with Crippen LogP contribution in [-0.2, 0) is 9.53 Å². The molecule has 0 bridgehead atoms. The van der Waals surface area contributed by atoms with Crippen LogP contribution in [-0.4, -0.2) is 12.1 Å². The summed E-state index contributed by atoms with van der Waals surface area (Å²) >= 11 is 0. The van der Waals surface area contributed by atoms with Gasteiger partial charge in [-0.25, -0.2) is 4.79 Å². The first-order valence-electron chi connectivity index (χ1n) is 4.19. The molecule has 0 aromatic carbocycles. The molecule has 60 valence electrons. The highest BCUT2D eigenvalue weighted by molar-refractivity contribution is 5.90. The van der Waals surface area contributed by atoms with Crippen LogP contribution < -0.4 is 0 Å². The fraction of sp³-hybridized carbons (Fsp3) is 0.667. The highest BCUT2D eigenvalue weighted by Gasteiger charge is 2.39. The van der Waals surface area contributed by atoms with Crippen LogP contribution in [0.1, 0.15) is 25.7 Å². The van der Waals surface area contributed by atoms with Crippen molar-refractivity contribution in [3.05, 3.63) is 12.2 Å². The van der Waals surface area contributed by atoms with E-state index in [0.717, 1.165) is 12.8 Å². The molecule has 2 nitrogen and oxygen atoms in total. The third-order valence-electron chi connectivity index (χ3n) is 2.67. The zero-order valence-corrected chi connectivity index (χ0v) is 6.51. The van der Waals surface area contributed by atoms with Crippen molar-refractivity contribution in [2.24, 2.45) is 5.92 Å². The highest BCUT2D eigenvalue weighted by Crippen LogP contribution is 2.37. The molecule has 1 heterocycles. The van der Waals surface area contributed by atoms with E-state index in [0.29, 0.717) is 11.5 Å². The predicted molar refractivity (Wildman–Crippen MR) is 41.0 cm³/mol. The monoisotopic (exact) mass is 152 g/mol. The van der Waals surface area contributed by atoms with Gasteiger partial charge in [-0.3, -0.25) is 0 Å². The summed E-state index contributed by atoms with van der Waals surface area (Å²) < 4.78 is 5.14. The number of rotatable bonds is 0. The number of hydrogen-bond donors (Lipinski definition) is 0. The molecule has 1 saturated heterocycles. The molecule has 0 amide bonds. The molecule has 2 aliphatic rings. The molecule has 0 N–H and O–H groups in total. The van der Waals surface area contributed by atoms with Gasteiger partial charge in [0.25, 0.3) is 0 Å². The Labute approximate surface area is 66.2 Å². The Hall–Kier alpha value is -0.790. The minimum absolute atomic E-state index is 0.165. The van der Waals surface area contributed by atoms with Crippen molar-refractivity contribution in [3.8, 4) is 0 Å². The van der Waals surface area contributed by atoms with E-state index in [1.54, 1.807) is 0 Å². The molecule has 0 radical (unpaired) electrons. The third kappa shape index (κ3) is 0.971. The van der Waals surface area contributed by atoms with E-state index in [4.69, 9.17) is 4.74 Å². The normalized spacial score (nSPS) is 36.7. The van der Waals surface area contributed by atoms with Gasteiger partial charge in [-0.15, -0.1) is 0 Å². The van der Waals surface area contributed by atoms with E-state index >= 15 is 0 Å². The van der Waals surface area contributed by atoms with Crippen LogP contribution in [0.15, 0.2) is 12.2 Å². The zero-order valence-electron chi connectivity index (χ0n) is 6.51. The largest absolute Gasteiger partial charge is 0.458 e. The molecule has 0 unspecified atom stereocenters. The standard InChI is InChI=1S/C9H12O2/c1-6-7-4-2-3-5-8(7)11-9(6)10/h7-8H,1-5H2/t7-,8-/m0/s1. The summed E-state index contributed by atoms with van der Waals surface area (Å²) in [6.45, 7) is 3.74. The van der Waals surface area contributed by atoms with Crippen molar-refractivity contribution in [2.75, 3.05) is 0 Å². The first kappa shape index (κ1) is 6.89. The van der Waals surface area contributed by atoms with Crippen LogP contribution >= 0.6 is 0 Å².